The minimum absolute atomic E-state index is 0.0126. The zero-order valence-electron chi connectivity index (χ0n) is 9.82. The Morgan fingerprint density at radius 3 is 2.83 bits per heavy atom. The lowest BCUT2D eigenvalue weighted by atomic mass is 10.3. The Morgan fingerprint density at radius 2 is 2.17 bits per heavy atom. The van der Waals surface area contributed by atoms with Gasteiger partial charge in [0.25, 0.3) is 5.91 Å². The van der Waals surface area contributed by atoms with Crippen molar-refractivity contribution in [2.24, 2.45) is 0 Å². The molecule has 0 saturated heterocycles. The minimum Gasteiger partial charge on any atom is -0.326 e. The number of aromatic nitrogens is 3. The summed E-state index contributed by atoms with van der Waals surface area (Å²) >= 11 is 0. The molecule has 0 aliphatic heterocycles. The average Bonchev–Trinajstić information content (AvgIpc) is 2.89. The zero-order valence-corrected chi connectivity index (χ0v) is 9.82. The fraction of sp³-hybridized carbons (Fsp3) is 0.167. The van der Waals surface area contributed by atoms with Gasteiger partial charge >= 0.3 is 0 Å². The molecule has 90 valence electrons. The van der Waals surface area contributed by atoms with Gasteiger partial charge in [-0.1, -0.05) is 18.2 Å². The van der Waals surface area contributed by atoms with Gasteiger partial charge in [-0.3, -0.25) is 4.79 Å². The van der Waals surface area contributed by atoms with Crippen molar-refractivity contribution >= 4 is 5.91 Å². The molecule has 0 aliphatic carbocycles. The van der Waals surface area contributed by atoms with Crippen molar-refractivity contribution < 1.29 is 4.79 Å². The van der Waals surface area contributed by atoms with Crippen molar-refractivity contribution in [3.8, 4) is 11.8 Å². The largest absolute Gasteiger partial charge is 0.326 e. The van der Waals surface area contributed by atoms with Crippen molar-refractivity contribution in [2.45, 2.75) is 0 Å². The second-order valence-electron chi connectivity index (χ2n) is 3.67. The van der Waals surface area contributed by atoms with Gasteiger partial charge < -0.3 is 4.90 Å². The molecule has 0 saturated carbocycles. The van der Waals surface area contributed by atoms with Crippen LogP contribution in [0.2, 0.25) is 0 Å². The van der Waals surface area contributed by atoms with Gasteiger partial charge in [-0.15, -0.1) is 5.10 Å². The summed E-state index contributed by atoms with van der Waals surface area (Å²) in [5.74, 6) is -0.289. The fourth-order valence-corrected chi connectivity index (χ4v) is 1.41. The van der Waals surface area contributed by atoms with Gasteiger partial charge in [0.05, 0.1) is 11.8 Å². The minimum atomic E-state index is -0.369. The van der Waals surface area contributed by atoms with E-state index in [2.05, 4.69) is 10.1 Å². The fourth-order valence-electron chi connectivity index (χ4n) is 1.41. The number of nitrogens with zero attached hydrogens (tertiary/aromatic N) is 5. The molecule has 1 aromatic carbocycles. The monoisotopic (exact) mass is 241 g/mol. The highest BCUT2D eigenvalue weighted by Gasteiger charge is 2.16. The number of para-hydroxylation sites is 1. The molecule has 1 heterocycles. The molecule has 0 aliphatic rings. The van der Waals surface area contributed by atoms with E-state index < -0.39 is 0 Å². The topological polar surface area (TPSA) is 74.8 Å². The van der Waals surface area contributed by atoms with E-state index in [1.165, 1.54) is 23.0 Å². The highest BCUT2D eigenvalue weighted by molar-refractivity contribution is 5.90. The van der Waals surface area contributed by atoms with E-state index in [0.29, 0.717) is 0 Å². The number of benzene rings is 1. The van der Waals surface area contributed by atoms with Crippen molar-refractivity contribution in [2.75, 3.05) is 13.6 Å². The van der Waals surface area contributed by atoms with Crippen LogP contribution in [-0.4, -0.2) is 39.2 Å². The van der Waals surface area contributed by atoms with Gasteiger partial charge in [-0.2, -0.15) is 5.26 Å². The smallest absolute Gasteiger partial charge is 0.294 e. The van der Waals surface area contributed by atoms with E-state index >= 15 is 0 Å². The Labute approximate surface area is 104 Å². The Balaban J connectivity index is 2.22. The van der Waals surface area contributed by atoms with E-state index in [4.69, 9.17) is 5.26 Å². The first-order valence-electron chi connectivity index (χ1n) is 5.32. The van der Waals surface area contributed by atoms with E-state index in [1.807, 2.05) is 36.4 Å². The second-order valence-corrected chi connectivity index (χ2v) is 3.67. The molecule has 2 aromatic rings. The molecule has 18 heavy (non-hydrogen) atoms. The summed E-state index contributed by atoms with van der Waals surface area (Å²) in [5.41, 5.74) is 0.826. The third-order valence-corrected chi connectivity index (χ3v) is 2.36. The Kier molecular flexibility index (Phi) is 3.34. The normalized spacial score (nSPS) is 9.78. The predicted molar refractivity (Wildman–Crippen MR) is 63.9 cm³/mol. The zero-order chi connectivity index (χ0) is 13.0. The first kappa shape index (κ1) is 11.8. The van der Waals surface area contributed by atoms with Gasteiger partial charge in [0.1, 0.15) is 12.9 Å². The summed E-state index contributed by atoms with van der Waals surface area (Å²) in [6, 6.07) is 11.3. The van der Waals surface area contributed by atoms with Crippen LogP contribution in [0.5, 0.6) is 0 Å². The second kappa shape index (κ2) is 5.10. The third kappa shape index (κ3) is 2.35. The summed E-state index contributed by atoms with van der Waals surface area (Å²) < 4.78 is 1.52. The van der Waals surface area contributed by atoms with Crippen molar-refractivity contribution in [1.82, 2.24) is 19.7 Å². The quantitative estimate of drug-likeness (QED) is 0.747. The summed E-state index contributed by atoms with van der Waals surface area (Å²) in [7, 11) is 1.54. The van der Waals surface area contributed by atoms with Crippen LogP contribution in [0.3, 0.4) is 0 Å². The van der Waals surface area contributed by atoms with E-state index in [0.717, 1.165) is 5.69 Å². The molecule has 6 heteroatoms. The lowest BCUT2D eigenvalue weighted by Crippen LogP contribution is -2.28. The van der Waals surface area contributed by atoms with Crippen LogP contribution in [0, 0.1) is 11.3 Å². The summed E-state index contributed by atoms with van der Waals surface area (Å²) in [6.45, 7) is 0.0126. The van der Waals surface area contributed by atoms with Gasteiger partial charge in [-0.05, 0) is 12.1 Å². The molecule has 0 atom stereocenters. The Hall–Kier alpha value is -2.68. The van der Waals surface area contributed by atoms with Crippen LogP contribution in [0.1, 0.15) is 10.6 Å². The van der Waals surface area contributed by atoms with E-state index in [9.17, 15) is 4.79 Å². The summed E-state index contributed by atoms with van der Waals surface area (Å²) in [5, 5.41) is 12.6. The van der Waals surface area contributed by atoms with Gasteiger partial charge in [0.2, 0.25) is 5.82 Å². The summed E-state index contributed by atoms with van der Waals surface area (Å²) in [6.07, 6.45) is 1.47. The highest BCUT2D eigenvalue weighted by Crippen LogP contribution is 2.05. The van der Waals surface area contributed by atoms with E-state index in [-0.39, 0.29) is 18.3 Å². The van der Waals surface area contributed by atoms with Gasteiger partial charge in [-0.25, -0.2) is 9.67 Å². The first-order chi connectivity index (χ1) is 8.72. The highest BCUT2D eigenvalue weighted by atomic mass is 16.2. The molecule has 0 fully saturated rings. The molecule has 6 nitrogen and oxygen atoms in total. The molecular weight excluding hydrogens is 230 g/mol. The van der Waals surface area contributed by atoms with Gasteiger partial charge in [0.15, 0.2) is 0 Å². The molecule has 0 unspecified atom stereocenters. The van der Waals surface area contributed by atoms with Crippen LogP contribution >= 0.6 is 0 Å². The van der Waals surface area contributed by atoms with Gasteiger partial charge in [0, 0.05) is 7.05 Å². The summed E-state index contributed by atoms with van der Waals surface area (Å²) in [4.78, 5) is 17.0. The molecule has 0 radical (unpaired) electrons. The lowest BCUT2D eigenvalue weighted by molar-refractivity contribution is 0.0800. The Morgan fingerprint density at radius 1 is 1.44 bits per heavy atom. The number of amides is 1. The van der Waals surface area contributed by atoms with E-state index in [1.54, 1.807) is 0 Å². The number of hydrogen-bond acceptors (Lipinski definition) is 4. The third-order valence-electron chi connectivity index (χ3n) is 2.36. The maximum absolute atomic E-state index is 11.8. The van der Waals surface area contributed by atoms with Crippen LogP contribution in [0.25, 0.3) is 5.69 Å². The number of carbonyl (C=O) groups excluding carboxylic acids is 1. The maximum Gasteiger partial charge on any atom is 0.294 e. The van der Waals surface area contributed by atoms with Crippen molar-refractivity contribution in [1.29, 1.82) is 5.26 Å². The molecule has 0 bridgehead atoms. The van der Waals surface area contributed by atoms with Crippen LogP contribution in [0.15, 0.2) is 36.7 Å². The molecule has 0 N–H and O–H groups in total. The molecule has 0 spiro atoms. The standard InChI is InChI=1S/C12H11N5O/c1-16(8-7-13)12(18)11-14-9-17(15-11)10-5-3-2-4-6-10/h2-6,9H,8H2,1H3. The first-order valence-corrected chi connectivity index (χ1v) is 5.32. The molecule has 1 amide bonds. The van der Waals surface area contributed by atoms with Crippen LogP contribution in [-0.2, 0) is 0 Å². The molecule has 1 aromatic heterocycles. The lowest BCUT2D eigenvalue weighted by Gasteiger charge is -2.09. The van der Waals surface area contributed by atoms with Crippen LogP contribution in [0.4, 0.5) is 0 Å². The molecule has 2 rings (SSSR count). The average molecular weight is 241 g/mol. The Bertz CT molecular complexity index is 584. The SMILES string of the molecule is CN(CC#N)C(=O)c1ncn(-c2ccccc2)n1. The number of carbonyl (C=O) groups is 1. The predicted octanol–water partition coefficient (Wildman–Crippen LogP) is 0.863. The van der Waals surface area contributed by atoms with Crippen molar-refractivity contribution in [3.63, 3.8) is 0 Å². The molecular formula is C12H11N5O. The maximum atomic E-state index is 11.8. The number of hydrogen-bond donors (Lipinski definition) is 0. The van der Waals surface area contributed by atoms with Crippen molar-refractivity contribution in [3.05, 3.63) is 42.5 Å². The number of rotatable bonds is 3. The number of nitriles is 1. The van der Waals surface area contributed by atoms with Crippen LogP contribution < -0.4 is 0 Å².